The Balaban J connectivity index is 1.89. The fourth-order valence-electron chi connectivity index (χ4n) is 2.35. The number of nitrogens with zero attached hydrogens (tertiary/aromatic N) is 1. The Hall–Kier alpha value is -1.06. The normalized spacial score (nSPS) is 20.2. The molecular weight excluding hydrogens is 248 g/mol. The topological polar surface area (TPSA) is 32.3 Å². The number of piperidine rings is 1. The van der Waals surface area contributed by atoms with Crippen LogP contribution in [0.5, 0.6) is 0 Å². The summed E-state index contributed by atoms with van der Waals surface area (Å²) in [4.78, 5) is 14.0. The minimum Gasteiger partial charge on any atom is -0.341 e. The molecule has 1 saturated heterocycles. The van der Waals surface area contributed by atoms with Crippen LogP contribution >= 0.6 is 11.6 Å². The highest BCUT2D eigenvalue weighted by molar-refractivity contribution is 6.30. The molecular formula is C14H19ClN2O. The molecule has 2 rings (SSSR count). The van der Waals surface area contributed by atoms with Gasteiger partial charge in [-0.05, 0) is 44.0 Å². The first-order valence-electron chi connectivity index (χ1n) is 6.41. The van der Waals surface area contributed by atoms with E-state index in [9.17, 15) is 4.79 Å². The van der Waals surface area contributed by atoms with Crippen molar-refractivity contribution in [3.05, 3.63) is 34.9 Å². The zero-order valence-electron chi connectivity index (χ0n) is 10.7. The number of amides is 1. The Kier molecular flexibility index (Phi) is 4.61. The van der Waals surface area contributed by atoms with E-state index in [1.54, 1.807) is 0 Å². The number of carbonyl (C=O) groups excluding carboxylic acids is 1. The number of carbonyl (C=O) groups is 1. The third kappa shape index (κ3) is 3.24. The molecule has 0 bridgehead atoms. The molecule has 1 aliphatic rings. The van der Waals surface area contributed by atoms with Gasteiger partial charge in [0.05, 0.1) is 6.04 Å². The van der Waals surface area contributed by atoms with E-state index in [1.165, 1.54) is 5.56 Å². The van der Waals surface area contributed by atoms with Gasteiger partial charge in [0.1, 0.15) is 0 Å². The summed E-state index contributed by atoms with van der Waals surface area (Å²) in [6, 6.07) is 7.83. The van der Waals surface area contributed by atoms with E-state index in [0.29, 0.717) is 0 Å². The number of hydrogen-bond acceptors (Lipinski definition) is 2. The van der Waals surface area contributed by atoms with Crippen molar-refractivity contribution in [2.75, 3.05) is 20.1 Å². The van der Waals surface area contributed by atoms with Gasteiger partial charge in [-0.1, -0.05) is 23.7 Å². The number of hydrogen-bond donors (Lipinski definition) is 1. The van der Waals surface area contributed by atoms with E-state index in [0.717, 1.165) is 37.4 Å². The minimum absolute atomic E-state index is 0.00367. The van der Waals surface area contributed by atoms with E-state index >= 15 is 0 Å². The van der Waals surface area contributed by atoms with Crippen molar-refractivity contribution >= 4 is 17.5 Å². The van der Waals surface area contributed by atoms with Crippen LogP contribution in [0, 0.1) is 0 Å². The number of rotatable bonds is 4. The van der Waals surface area contributed by atoms with Crippen LogP contribution in [0.15, 0.2) is 24.3 Å². The Labute approximate surface area is 113 Å². The Morgan fingerprint density at radius 2 is 2.11 bits per heavy atom. The SMILES string of the molecule is CNC1CCCN(CCc2ccc(Cl)cc2)C1=O. The Bertz CT molecular complexity index is 405. The van der Waals surface area contributed by atoms with Crippen molar-refractivity contribution in [2.45, 2.75) is 25.3 Å². The summed E-state index contributed by atoms with van der Waals surface area (Å²) in [6.07, 6.45) is 2.92. The van der Waals surface area contributed by atoms with Crippen molar-refractivity contribution in [1.29, 1.82) is 0 Å². The summed E-state index contributed by atoms with van der Waals surface area (Å²) >= 11 is 5.85. The number of likely N-dealkylation sites (tertiary alicyclic amines) is 1. The van der Waals surface area contributed by atoms with Gasteiger partial charge in [0.2, 0.25) is 5.91 Å². The monoisotopic (exact) mass is 266 g/mol. The molecule has 0 spiro atoms. The largest absolute Gasteiger partial charge is 0.341 e. The predicted octanol–water partition coefficient (Wildman–Crippen LogP) is 2.09. The molecule has 98 valence electrons. The van der Waals surface area contributed by atoms with Gasteiger partial charge in [0.15, 0.2) is 0 Å². The van der Waals surface area contributed by atoms with Gasteiger partial charge in [-0.25, -0.2) is 0 Å². The van der Waals surface area contributed by atoms with E-state index in [2.05, 4.69) is 5.32 Å². The van der Waals surface area contributed by atoms with Crippen LogP contribution in [-0.2, 0) is 11.2 Å². The van der Waals surface area contributed by atoms with Gasteiger partial charge in [-0.15, -0.1) is 0 Å². The zero-order valence-corrected chi connectivity index (χ0v) is 11.4. The lowest BCUT2D eigenvalue weighted by atomic mass is 10.0. The van der Waals surface area contributed by atoms with Gasteiger partial charge in [0.25, 0.3) is 0 Å². The first-order chi connectivity index (χ1) is 8.70. The lowest BCUT2D eigenvalue weighted by Gasteiger charge is -2.32. The molecule has 1 atom stereocenters. The van der Waals surface area contributed by atoms with Crippen LogP contribution in [0.25, 0.3) is 0 Å². The maximum absolute atomic E-state index is 12.1. The van der Waals surface area contributed by atoms with Crippen molar-refractivity contribution in [1.82, 2.24) is 10.2 Å². The molecule has 3 nitrogen and oxygen atoms in total. The number of halogens is 1. The molecule has 1 aromatic rings. The maximum atomic E-state index is 12.1. The highest BCUT2D eigenvalue weighted by Crippen LogP contribution is 2.14. The molecule has 1 aromatic carbocycles. The van der Waals surface area contributed by atoms with Crippen LogP contribution in [0.3, 0.4) is 0 Å². The van der Waals surface area contributed by atoms with E-state index in [4.69, 9.17) is 11.6 Å². The molecule has 0 aliphatic carbocycles. The highest BCUT2D eigenvalue weighted by Gasteiger charge is 2.26. The smallest absolute Gasteiger partial charge is 0.239 e. The standard InChI is InChI=1S/C14H19ClN2O/c1-16-13-3-2-9-17(14(13)18)10-8-11-4-6-12(15)7-5-11/h4-7,13,16H,2-3,8-10H2,1H3. The molecule has 1 amide bonds. The molecule has 1 aliphatic heterocycles. The zero-order chi connectivity index (χ0) is 13.0. The summed E-state index contributed by atoms with van der Waals surface area (Å²) in [5, 5.41) is 3.83. The van der Waals surface area contributed by atoms with Crippen molar-refractivity contribution in [3.8, 4) is 0 Å². The molecule has 1 unspecified atom stereocenters. The summed E-state index contributed by atoms with van der Waals surface area (Å²) in [5.41, 5.74) is 1.22. The maximum Gasteiger partial charge on any atom is 0.239 e. The molecule has 0 aromatic heterocycles. The Morgan fingerprint density at radius 3 is 2.78 bits per heavy atom. The van der Waals surface area contributed by atoms with Crippen molar-refractivity contribution < 1.29 is 4.79 Å². The fraction of sp³-hybridized carbons (Fsp3) is 0.500. The van der Waals surface area contributed by atoms with Crippen LogP contribution < -0.4 is 5.32 Å². The predicted molar refractivity (Wildman–Crippen MR) is 73.8 cm³/mol. The number of benzene rings is 1. The van der Waals surface area contributed by atoms with Crippen LogP contribution in [0.4, 0.5) is 0 Å². The molecule has 1 fully saturated rings. The first kappa shape index (κ1) is 13.4. The van der Waals surface area contributed by atoms with Crippen LogP contribution in [0.1, 0.15) is 18.4 Å². The van der Waals surface area contributed by atoms with Gasteiger partial charge >= 0.3 is 0 Å². The minimum atomic E-state index is 0.00367. The Morgan fingerprint density at radius 1 is 1.39 bits per heavy atom. The van der Waals surface area contributed by atoms with Gasteiger partial charge in [-0.3, -0.25) is 4.79 Å². The van der Waals surface area contributed by atoms with E-state index in [-0.39, 0.29) is 11.9 Å². The second-order valence-corrected chi connectivity index (χ2v) is 5.12. The van der Waals surface area contributed by atoms with Gasteiger partial charge < -0.3 is 10.2 Å². The molecule has 18 heavy (non-hydrogen) atoms. The summed E-state index contributed by atoms with van der Waals surface area (Å²) in [5.74, 6) is 0.234. The molecule has 1 heterocycles. The summed E-state index contributed by atoms with van der Waals surface area (Å²) in [7, 11) is 1.85. The second-order valence-electron chi connectivity index (χ2n) is 4.69. The fourth-order valence-corrected chi connectivity index (χ4v) is 2.47. The van der Waals surface area contributed by atoms with Crippen LogP contribution in [0.2, 0.25) is 5.02 Å². The van der Waals surface area contributed by atoms with E-state index < -0.39 is 0 Å². The first-order valence-corrected chi connectivity index (χ1v) is 6.79. The third-order valence-corrected chi connectivity index (χ3v) is 3.71. The van der Waals surface area contributed by atoms with Crippen molar-refractivity contribution in [2.24, 2.45) is 0 Å². The highest BCUT2D eigenvalue weighted by atomic mass is 35.5. The van der Waals surface area contributed by atoms with Crippen molar-refractivity contribution in [3.63, 3.8) is 0 Å². The lowest BCUT2D eigenvalue weighted by molar-refractivity contribution is -0.135. The van der Waals surface area contributed by atoms with Gasteiger partial charge in [0, 0.05) is 18.1 Å². The average molecular weight is 267 g/mol. The molecule has 4 heteroatoms. The van der Waals surface area contributed by atoms with Gasteiger partial charge in [-0.2, -0.15) is 0 Å². The third-order valence-electron chi connectivity index (χ3n) is 3.46. The average Bonchev–Trinajstić information content (AvgIpc) is 2.39. The molecule has 0 radical (unpaired) electrons. The number of likely N-dealkylation sites (N-methyl/N-ethyl adjacent to an activating group) is 1. The summed E-state index contributed by atoms with van der Waals surface area (Å²) in [6.45, 7) is 1.67. The summed E-state index contributed by atoms with van der Waals surface area (Å²) < 4.78 is 0. The van der Waals surface area contributed by atoms with E-state index in [1.807, 2.05) is 36.2 Å². The lowest BCUT2D eigenvalue weighted by Crippen LogP contribution is -2.50. The molecule has 0 saturated carbocycles. The quantitative estimate of drug-likeness (QED) is 0.905. The van der Waals surface area contributed by atoms with Crippen LogP contribution in [-0.4, -0.2) is 37.0 Å². The number of nitrogens with one attached hydrogen (secondary N) is 1. The second kappa shape index (κ2) is 6.21. The molecule has 1 N–H and O–H groups in total.